The first kappa shape index (κ1) is 32.1. The van der Waals surface area contributed by atoms with Gasteiger partial charge < -0.3 is 24.2 Å². The monoisotopic (exact) mass is 605 g/mol. The van der Waals surface area contributed by atoms with Crippen LogP contribution in [0, 0.1) is 22.9 Å². The van der Waals surface area contributed by atoms with Crippen molar-refractivity contribution in [1.82, 2.24) is 9.88 Å². The first-order valence-electron chi connectivity index (χ1n) is 12.8. The van der Waals surface area contributed by atoms with Crippen LogP contribution in [0.2, 0.25) is 0 Å². The third-order valence-corrected chi connectivity index (χ3v) is 7.02. The molecule has 42 heavy (non-hydrogen) atoms. The van der Waals surface area contributed by atoms with E-state index in [0.717, 1.165) is 6.26 Å². The molecular weight excluding hydrogens is 573 g/mol. The van der Waals surface area contributed by atoms with Crippen molar-refractivity contribution in [2.75, 3.05) is 19.5 Å². The molecule has 14 heteroatoms. The predicted molar refractivity (Wildman–Crippen MR) is 150 cm³/mol. The fourth-order valence-corrected chi connectivity index (χ4v) is 4.70. The Morgan fingerprint density at radius 1 is 1.07 bits per heavy atom. The molecule has 0 aliphatic rings. The lowest BCUT2D eigenvalue weighted by Gasteiger charge is -2.23. The number of nitrogens with zero attached hydrogens (tertiary/aromatic N) is 2. The summed E-state index contributed by atoms with van der Waals surface area (Å²) in [5.41, 5.74) is 1.54. The van der Waals surface area contributed by atoms with Gasteiger partial charge >= 0.3 is 12.1 Å². The normalized spacial score (nSPS) is 12.3. The largest absolute Gasteiger partial charge is 0.464 e. The highest BCUT2D eigenvalue weighted by Gasteiger charge is 2.31. The Hall–Kier alpha value is -4.46. The van der Waals surface area contributed by atoms with E-state index in [9.17, 15) is 32.5 Å². The second-order valence-electron chi connectivity index (χ2n) is 10.3. The minimum atomic E-state index is -3.46. The summed E-state index contributed by atoms with van der Waals surface area (Å²) in [5, 5.41) is 12.0. The van der Waals surface area contributed by atoms with Gasteiger partial charge in [-0.05, 0) is 75.7 Å². The van der Waals surface area contributed by atoms with Crippen LogP contribution in [0.5, 0.6) is 0 Å². The minimum absolute atomic E-state index is 0.0272. The second-order valence-corrected chi connectivity index (χ2v) is 12.4. The van der Waals surface area contributed by atoms with Crippen molar-refractivity contribution in [2.24, 2.45) is 0 Å². The van der Waals surface area contributed by atoms with Gasteiger partial charge in [-0.1, -0.05) is 12.1 Å². The summed E-state index contributed by atoms with van der Waals surface area (Å²) in [4.78, 5) is 40.8. The van der Waals surface area contributed by atoms with Gasteiger partial charge in [0.25, 0.3) is 5.09 Å². The Balaban J connectivity index is 2.10. The fraction of sp³-hybridized carbons (Fsp3) is 0.357. The number of ether oxygens (including phenoxy) is 2. The van der Waals surface area contributed by atoms with Gasteiger partial charge in [-0.3, -0.25) is 0 Å². The van der Waals surface area contributed by atoms with Crippen molar-refractivity contribution < 1.29 is 41.8 Å². The van der Waals surface area contributed by atoms with Crippen LogP contribution in [0.3, 0.4) is 0 Å². The summed E-state index contributed by atoms with van der Waals surface area (Å²) in [6, 6.07) is 11.9. The second kappa shape index (κ2) is 13.0. The number of aromatic nitrogens is 1. The molecule has 0 fully saturated rings. The number of rotatable bonds is 11. The number of carbonyl (C=O) groups excluding carboxylic acids is 2. The van der Waals surface area contributed by atoms with Gasteiger partial charge in [0.05, 0.1) is 23.8 Å². The lowest BCUT2D eigenvalue weighted by molar-refractivity contribution is -0.757. The van der Waals surface area contributed by atoms with Crippen molar-refractivity contribution >= 4 is 21.9 Å². The summed E-state index contributed by atoms with van der Waals surface area (Å²) in [5.74, 6) is -1.32. The number of esters is 1. The average Bonchev–Trinajstić information content (AvgIpc) is 3.22. The van der Waals surface area contributed by atoms with Crippen LogP contribution in [-0.2, 0) is 28.9 Å². The number of hydrogen-bond acceptors (Lipinski definition) is 9. The average molecular weight is 606 g/mol. The topological polar surface area (TPSA) is 156 Å². The molecule has 0 saturated heterocycles. The standard InChI is InChI=1S/C28H32FN3O9S/c1-18-23(25(30-27(34)41-28(2,3)4)26(33)39-15-6-16-40-32(35)36)17-24(31(18)21-11-9-20(29)10-12-21)19-7-13-22(14-8-19)42(5,37)38/h7-14,17,25H,6,15-16H2,1-5H3,(H,30,34). The maximum Gasteiger partial charge on any atom is 0.408 e. The SMILES string of the molecule is Cc1c(C(NC(=O)OC(C)(C)C)C(=O)OCCCO[N+](=O)[O-])cc(-c2ccc(S(C)(=O)=O)cc2)n1-c1ccc(F)cc1. The molecule has 2 aromatic carbocycles. The molecule has 0 bridgehead atoms. The molecule has 1 unspecified atom stereocenters. The predicted octanol–water partition coefficient (Wildman–Crippen LogP) is 4.70. The van der Waals surface area contributed by atoms with Crippen LogP contribution in [0.25, 0.3) is 16.9 Å². The first-order chi connectivity index (χ1) is 19.6. The van der Waals surface area contributed by atoms with E-state index in [1.807, 2.05) is 0 Å². The smallest absolute Gasteiger partial charge is 0.408 e. The van der Waals surface area contributed by atoms with Crippen LogP contribution in [0.15, 0.2) is 59.5 Å². The number of alkyl carbamates (subject to hydrolysis) is 1. The summed E-state index contributed by atoms with van der Waals surface area (Å²) in [6.07, 6.45) is 0.224. The summed E-state index contributed by atoms with van der Waals surface area (Å²) in [7, 11) is -3.46. The molecule has 226 valence electrons. The molecule has 1 atom stereocenters. The van der Waals surface area contributed by atoms with Crippen molar-refractivity contribution in [1.29, 1.82) is 0 Å². The Bertz CT molecular complexity index is 1540. The summed E-state index contributed by atoms with van der Waals surface area (Å²) >= 11 is 0. The Kier molecular flexibility index (Phi) is 9.94. The zero-order valence-corrected chi connectivity index (χ0v) is 24.6. The van der Waals surface area contributed by atoms with E-state index < -0.39 is 44.4 Å². The number of nitrogens with one attached hydrogen (secondary N) is 1. The Morgan fingerprint density at radius 3 is 2.24 bits per heavy atom. The number of carbonyl (C=O) groups is 2. The van der Waals surface area contributed by atoms with Crippen molar-refractivity contribution in [2.45, 2.75) is 50.7 Å². The lowest BCUT2D eigenvalue weighted by atomic mass is 10.1. The van der Waals surface area contributed by atoms with E-state index in [0.29, 0.717) is 28.2 Å². The molecule has 0 saturated carbocycles. The van der Waals surface area contributed by atoms with Gasteiger partial charge in [0, 0.05) is 29.6 Å². The molecule has 0 aliphatic carbocycles. The summed E-state index contributed by atoms with van der Waals surface area (Å²) < 4.78 is 50.2. The molecule has 1 aromatic heterocycles. The number of benzene rings is 2. The molecule has 0 aliphatic heterocycles. The van der Waals surface area contributed by atoms with Gasteiger partial charge in [-0.25, -0.2) is 22.4 Å². The molecular formula is C28H32FN3O9S. The molecule has 0 radical (unpaired) electrons. The van der Waals surface area contributed by atoms with Gasteiger partial charge in [0.2, 0.25) is 0 Å². The maximum atomic E-state index is 13.8. The number of sulfone groups is 1. The zero-order chi connectivity index (χ0) is 31.2. The number of halogens is 1. The van der Waals surface area contributed by atoms with Gasteiger partial charge in [0.1, 0.15) is 11.4 Å². The molecule has 0 spiro atoms. The van der Waals surface area contributed by atoms with Crippen LogP contribution < -0.4 is 5.32 Å². The molecule has 3 aromatic rings. The third kappa shape index (κ3) is 8.52. The molecule has 12 nitrogen and oxygen atoms in total. The van der Waals surface area contributed by atoms with Crippen LogP contribution in [-0.4, -0.2) is 55.2 Å². The van der Waals surface area contributed by atoms with E-state index in [4.69, 9.17) is 9.47 Å². The fourth-order valence-electron chi connectivity index (χ4n) is 4.07. The molecule has 1 N–H and O–H groups in total. The van der Waals surface area contributed by atoms with E-state index >= 15 is 0 Å². The quantitative estimate of drug-likeness (QED) is 0.142. The molecule has 3 rings (SSSR count). The highest BCUT2D eigenvalue weighted by atomic mass is 32.2. The molecule has 1 heterocycles. The summed E-state index contributed by atoms with van der Waals surface area (Å²) in [6.45, 7) is 6.14. The van der Waals surface area contributed by atoms with Crippen molar-refractivity contribution in [3.8, 4) is 16.9 Å². The highest BCUT2D eigenvalue weighted by Crippen LogP contribution is 2.34. The minimum Gasteiger partial charge on any atom is -0.464 e. The van der Waals surface area contributed by atoms with Crippen LogP contribution in [0.4, 0.5) is 9.18 Å². The Morgan fingerprint density at radius 2 is 1.69 bits per heavy atom. The zero-order valence-electron chi connectivity index (χ0n) is 23.7. The van der Waals surface area contributed by atoms with E-state index in [1.165, 1.54) is 36.4 Å². The first-order valence-corrected chi connectivity index (χ1v) is 14.7. The van der Waals surface area contributed by atoms with E-state index in [1.54, 1.807) is 50.5 Å². The molecule has 1 amide bonds. The van der Waals surface area contributed by atoms with Gasteiger partial charge in [-0.2, -0.15) is 0 Å². The lowest BCUT2D eigenvalue weighted by Crippen LogP contribution is -2.39. The highest BCUT2D eigenvalue weighted by molar-refractivity contribution is 7.90. The number of hydrogen-bond donors (Lipinski definition) is 1. The van der Waals surface area contributed by atoms with Crippen molar-refractivity contribution in [3.63, 3.8) is 0 Å². The maximum absolute atomic E-state index is 13.8. The van der Waals surface area contributed by atoms with Crippen LogP contribution in [0.1, 0.15) is 44.5 Å². The van der Waals surface area contributed by atoms with Crippen LogP contribution >= 0.6 is 0 Å². The van der Waals surface area contributed by atoms with Gasteiger partial charge in [-0.15, -0.1) is 10.1 Å². The number of amides is 1. The Labute approximate surface area is 242 Å². The van der Waals surface area contributed by atoms with E-state index in [2.05, 4.69) is 10.2 Å². The van der Waals surface area contributed by atoms with Gasteiger partial charge in [0.15, 0.2) is 15.9 Å². The van der Waals surface area contributed by atoms with E-state index in [-0.39, 0.29) is 24.5 Å². The van der Waals surface area contributed by atoms with Crippen molar-refractivity contribution in [3.05, 3.63) is 81.8 Å². The third-order valence-electron chi connectivity index (χ3n) is 5.89.